The second kappa shape index (κ2) is 11.5. The first-order valence-electron chi connectivity index (χ1n) is 15.7. The fourth-order valence-electron chi connectivity index (χ4n) is 8.05. The van der Waals surface area contributed by atoms with Gasteiger partial charge in [0.05, 0.1) is 22.5 Å². The normalized spacial score (nSPS) is 24.7. The number of likely N-dealkylation sites (tertiary alicyclic amines) is 1. The van der Waals surface area contributed by atoms with Gasteiger partial charge in [-0.1, -0.05) is 13.5 Å². The first-order valence-corrected chi connectivity index (χ1v) is 15.7. The van der Waals surface area contributed by atoms with Crippen molar-refractivity contribution >= 4 is 17.5 Å². The number of carbonyl (C=O) groups excluding carboxylic acids is 1. The van der Waals surface area contributed by atoms with Crippen molar-refractivity contribution in [2.75, 3.05) is 50.5 Å². The molecule has 44 heavy (non-hydrogen) atoms. The van der Waals surface area contributed by atoms with Gasteiger partial charge in [-0.25, -0.2) is 4.98 Å². The van der Waals surface area contributed by atoms with E-state index in [0.29, 0.717) is 37.6 Å². The predicted molar refractivity (Wildman–Crippen MR) is 162 cm³/mol. The number of rotatable bonds is 7. The molecule has 2 aromatic heterocycles. The molecule has 3 atom stereocenters. The van der Waals surface area contributed by atoms with Gasteiger partial charge in [-0.2, -0.15) is 23.1 Å². The third-order valence-corrected chi connectivity index (χ3v) is 10.4. The average molecular weight is 614 g/mol. The van der Waals surface area contributed by atoms with Crippen molar-refractivity contribution in [3.05, 3.63) is 46.8 Å². The fourth-order valence-corrected chi connectivity index (χ4v) is 8.05. The molecule has 3 fully saturated rings. The lowest BCUT2D eigenvalue weighted by Crippen LogP contribution is -2.43. The van der Waals surface area contributed by atoms with Gasteiger partial charge in [0.25, 0.3) is 0 Å². The van der Waals surface area contributed by atoms with E-state index in [-0.39, 0.29) is 52.9 Å². The van der Waals surface area contributed by atoms with Crippen LogP contribution in [-0.2, 0) is 23.8 Å². The van der Waals surface area contributed by atoms with E-state index in [1.165, 1.54) is 19.1 Å². The lowest BCUT2D eigenvalue weighted by Gasteiger charge is -2.36. The van der Waals surface area contributed by atoms with Gasteiger partial charge in [-0.3, -0.25) is 9.69 Å². The van der Waals surface area contributed by atoms with Crippen LogP contribution < -0.4 is 15.4 Å². The maximum atomic E-state index is 14.3. The molecule has 2 N–H and O–H groups in total. The van der Waals surface area contributed by atoms with E-state index in [9.17, 15) is 18.0 Å². The molecule has 12 heteroatoms. The molecule has 0 unspecified atom stereocenters. The van der Waals surface area contributed by atoms with Gasteiger partial charge in [0, 0.05) is 37.7 Å². The Morgan fingerprint density at radius 2 is 1.93 bits per heavy atom. The smallest absolute Gasteiger partial charge is 0.418 e. The van der Waals surface area contributed by atoms with Crippen LogP contribution in [-0.4, -0.2) is 82.1 Å². The molecule has 0 saturated carbocycles. The zero-order valence-electron chi connectivity index (χ0n) is 25.8. The number of nitrogens with two attached hydrogens (primary N) is 1. The van der Waals surface area contributed by atoms with Crippen LogP contribution in [0.5, 0.6) is 6.01 Å². The summed E-state index contributed by atoms with van der Waals surface area (Å²) in [5.41, 5.74) is 6.91. The molecule has 3 aliphatic heterocycles. The summed E-state index contributed by atoms with van der Waals surface area (Å²) in [7, 11) is 1.97. The number of nitrogens with zero attached hydrogens (tertiary/aromatic N) is 6. The number of anilines is 2. The highest BCUT2D eigenvalue weighted by atomic mass is 19.4. The molecular weight excluding hydrogens is 571 g/mol. The highest BCUT2D eigenvalue weighted by Gasteiger charge is 2.46. The van der Waals surface area contributed by atoms with E-state index in [0.717, 1.165) is 50.8 Å². The Kier molecular flexibility index (Phi) is 8.00. The van der Waals surface area contributed by atoms with Crippen LogP contribution in [0.4, 0.5) is 24.8 Å². The molecule has 1 amide bonds. The zero-order valence-corrected chi connectivity index (χ0v) is 25.8. The summed E-state index contributed by atoms with van der Waals surface area (Å²) in [6, 6.07) is 1.55. The van der Waals surface area contributed by atoms with Crippen molar-refractivity contribution in [2.45, 2.75) is 82.5 Å². The second-order valence-corrected chi connectivity index (χ2v) is 13.1. The summed E-state index contributed by atoms with van der Waals surface area (Å²) >= 11 is 0. The van der Waals surface area contributed by atoms with Crippen LogP contribution >= 0.6 is 0 Å². The van der Waals surface area contributed by atoms with E-state index in [1.54, 1.807) is 4.90 Å². The Labute approximate surface area is 256 Å². The van der Waals surface area contributed by atoms with E-state index < -0.39 is 17.7 Å². The van der Waals surface area contributed by atoms with Crippen LogP contribution in [0, 0.1) is 12.8 Å². The highest BCUT2D eigenvalue weighted by Crippen LogP contribution is 2.45. The number of hydrogen-bond acceptors (Lipinski definition) is 8. The van der Waals surface area contributed by atoms with Crippen molar-refractivity contribution in [1.82, 2.24) is 24.8 Å². The van der Waals surface area contributed by atoms with Crippen molar-refractivity contribution in [3.8, 4) is 6.01 Å². The van der Waals surface area contributed by atoms with Gasteiger partial charge in [0.15, 0.2) is 0 Å². The molecule has 0 aromatic carbocycles. The van der Waals surface area contributed by atoms with Gasteiger partial charge in [-0.05, 0) is 88.6 Å². The number of pyridine rings is 1. The molecule has 3 saturated heterocycles. The van der Waals surface area contributed by atoms with Crippen LogP contribution in [0.2, 0.25) is 0 Å². The minimum Gasteiger partial charge on any atom is -0.461 e. The number of amides is 1. The third-order valence-electron chi connectivity index (χ3n) is 10.4. The van der Waals surface area contributed by atoms with Gasteiger partial charge in [-0.15, -0.1) is 0 Å². The Morgan fingerprint density at radius 3 is 2.61 bits per heavy atom. The molecule has 1 aliphatic carbocycles. The van der Waals surface area contributed by atoms with Gasteiger partial charge >= 0.3 is 12.2 Å². The summed E-state index contributed by atoms with van der Waals surface area (Å²) < 4.78 is 49.4. The molecule has 5 heterocycles. The Hall–Kier alpha value is -3.41. The number of ether oxygens (including phenoxy) is 1. The SMILES string of the molecule is C=CC(=O)N1CC[C@@H](N(C)c2nc(OCC34CCCN3CCC4)nc3c2C[C@H](C)[C@@H](c2nc(N)cc(C)c2C(F)(F)F)C3)C1. The van der Waals surface area contributed by atoms with Crippen LogP contribution in [0.1, 0.15) is 73.0 Å². The van der Waals surface area contributed by atoms with E-state index >= 15 is 0 Å². The number of hydrogen-bond donors (Lipinski definition) is 1. The van der Waals surface area contributed by atoms with E-state index in [2.05, 4.69) is 21.4 Å². The monoisotopic (exact) mass is 613 g/mol. The molecule has 238 valence electrons. The molecule has 4 aliphatic rings. The van der Waals surface area contributed by atoms with Gasteiger partial charge in [0.2, 0.25) is 5.91 Å². The average Bonchev–Trinajstić information content (AvgIpc) is 3.70. The summed E-state index contributed by atoms with van der Waals surface area (Å²) in [6.45, 7) is 10.8. The number of aromatic nitrogens is 3. The molecule has 6 rings (SSSR count). The van der Waals surface area contributed by atoms with Crippen molar-refractivity contribution < 1.29 is 22.7 Å². The minimum atomic E-state index is -4.56. The van der Waals surface area contributed by atoms with E-state index in [4.69, 9.17) is 20.4 Å². The predicted octanol–water partition coefficient (Wildman–Crippen LogP) is 4.53. The number of fused-ring (bicyclic) bond motifs is 2. The molecular formula is C32H42F3N7O2. The largest absolute Gasteiger partial charge is 0.461 e. The Morgan fingerprint density at radius 1 is 1.20 bits per heavy atom. The first-order chi connectivity index (χ1) is 20.9. The summed E-state index contributed by atoms with van der Waals surface area (Å²) in [4.78, 5) is 32.8. The molecule has 0 bridgehead atoms. The number of aryl methyl sites for hydroxylation is 1. The maximum absolute atomic E-state index is 14.3. The molecule has 2 aromatic rings. The summed E-state index contributed by atoms with van der Waals surface area (Å²) in [6.07, 6.45) is 2.69. The molecule has 0 radical (unpaired) electrons. The second-order valence-electron chi connectivity index (χ2n) is 13.1. The quantitative estimate of drug-likeness (QED) is 0.455. The zero-order chi connectivity index (χ0) is 31.4. The van der Waals surface area contributed by atoms with Crippen LogP contribution in [0.25, 0.3) is 0 Å². The Bertz CT molecular complexity index is 1440. The van der Waals surface area contributed by atoms with Gasteiger partial charge < -0.3 is 20.3 Å². The summed E-state index contributed by atoms with van der Waals surface area (Å²) in [5, 5.41) is 0. The van der Waals surface area contributed by atoms with Crippen molar-refractivity contribution in [2.24, 2.45) is 5.92 Å². The number of nitrogen functional groups attached to an aromatic ring is 1. The first kappa shape index (κ1) is 30.6. The number of halogens is 3. The summed E-state index contributed by atoms with van der Waals surface area (Å²) in [5.74, 6) is -0.0196. The number of alkyl halides is 3. The minimum absolute atomic E-state index is 0.00992. The van der Waals surface area contributed by atoms with Crippen LogP contribution in [0.15, 0.2) is 18.7 Å². The number of likely N-dealkylation sites (N-methyl/N-ethyl adjacent to an activating group) is 1. The number of carbonyl (C=O) groups is 1. The molecule has 0 spiro atoms. The fraction of sp³-hybridized carbons (Fsp3) is 0.625. The van der Waals surface area contributed by atoms with Crippen LogP contribution in [0.3, 0.4) is 0 Å². The standard InChI is InChI=1S/C32H42F3N7O2/c1-5-26(43)41-13-8-21(17-41)40(4)29-23-14-19(2)22(28-27(32(33,34)35)20(3)15-25(36)38-28)16-24(23)37-30(39-29)44-18-31-9-6-11-42(31)12-7-10-31/h5,15,19,21-22H,1,6-14,16-18H2,2-4H3,(H2,36,38)/t19-,21+,22-/m0/s1. The topological polar surface area (TPSA) is 101 Å². The Balaban J connectivity index is 1.37. The maximum Gasteiger partial charge on any atom is 0.418 e. The third kappa shape index (κ3) is 5.50. The van der Waals surface area contributed by atoms with Crippen molar-refractivity contribution in [3.63, 3.8) is 0 Å². The lowest BCUT2D eigenvalue weighted by atomic mass is 9.75. The van der Waals surface area contributed by atoms with Crippen molar-refractivity contribution in [1.29, 1.82) is 0 Å². The van der Waals surface area contributed by atoms with E-state index in [1.807, 2.05) is 14.0 Å². The highest BCUT2D eigenvalue weighted by molar-refractivity contribution is 5.87. The molecule has 9 nitrogen and oxygen atoms in total. The van der Waals surface area contributed by atoms with Gasteiger partial charge in [0.1, 0.15) is 18.2 Å². The lowest BCUT2D eigenvalue weighted by molar-refractivity contribution is -0.139.